The molecule has 5 N–H and O–H groups in total. The maximum Gasteiger partial charge on any atom is 0.200 e. The monoisotopic (exact) mass is 290 g/mol. The van der Waals surface area contributed by atoms with E-state index in [2.05, 4.69) is 0 Å². The van der Waals surface area contributed by atoms with Gasteiger partial charge in [0.15, 0.2) is 29.1 Å². The van der Waals surface area contributed by atoms with E-state index in [4.69, 9.17) is 4.74 Å². The van der Waals surface area contributed by atoms with Crippen LogP contribution in [0.4, 0.5) is 0 Å². The molecule has 6 heteroatoms. The summed E-state index contributed by atoms with van der Waals surface area (Å²) in [5, 5.41) is 48.4. The first-order chi connectivity index (χ1) is 9.97. The number of fused-ring (bicyclic) bond motifs is 1. The van der Waals surface area contributed by atoms with E-state index in [-0.39, 0.29) is 35.2 Å². The first-order valence-corrected chi connectivity index (χ1v) is 6.37. The highest BCUT2D eigenvalue weighted by atomic mass is 16.5. The number of phenolic OH excluding ortho intramolecular Hbond substituents is 4. The Kier molecular flexibility index (Phi) is 3.03. The fraction of sp³-hybridized carbons (Fsp3) is 0.200. The second kappa shape index (κ2) is 4.75. The summed E-state index contributed by atoms with van der Waals surface area (Å²) in [6, 6.07) is 6.98. The predicted molar refractivity (Wildman–Crippen MR) is 72.6 cm³/mol. The van der Waals surface area contributed by atoms with Gasteiger partial charge >= 0.3 is 0 Å². The molecule has 0 amide bonds. The Balaban J connectivity index is 2.01. The molecule has 0 saturated carbocycles. The summed E-state index contributed by atoms with van der Waals surface area (Å²) in [6.45, 7) is 0. The smallest absolute Gasteiger partial charge is 0.200 e. The second-order valence-corrected chi connectivity index (χ2v) is 4.98. The van der Waals surface area contributed by atoms with E-state index in [0.29, 0.717) is 11.1 Å². The van der Waals surface area contributed by atoms with E-state index in [9.17, 15) is 25.5 Å². The van der Waals surface area contributed by atoms with Crippen LogP contribution in [0.5, 0.6) is 28.7 Å². The first-order valence-electron chi connectivity index (χ1n) is 6.37. The van der Waals surface area contributed by atoms with E-state index in [1.165, 1.54) is 24.3 Å². The third-order valence-electron chi connectivity index (χ3n) is 3.54. The van der Waals surface area contributed by atoms with Gasteiger partial charge in [-0.2, -0.15) is 0 Å². The molecule has 0 aliphatic carbocycles. The molecule has 2 aromatic carbocycles. The van der Waals surface area contributed by atoms with Gasteiger partial charge < -0.3 is 30.3 Å². The number of aliphatic hydroxyl groups excluding tert-OH is 1. The van der Waals surface area contributed by atoms with Crippen LogP contribution in [0.1, 0.15) is 17.2 Å². The van der Waals surface area contributed by atoms with Crippen LogP contribution in [-0.2, 0) is 6.42 Å². The molecule has 21 heavy (non-hydrogen) atoms. The van der Waals surface area contributed by atoms with Gasteiger partial charge in [0.1, 0.15) is 0 Å². The molecule has 3 rings (SSSR count). The molecule has 1 aliphatic heterocycles. The highest BCUT2D eigenvalue weighted by molar-refractivity contribution is 5.55. The van der Waals surface area contributed by atoms with Crippen molar-refractivity contribution in [3.8, 4) is 28.7 Å². The van der Waals surface area contributed by atoms with Gasteiger partial charge in [-0.15, -0.1) is 0 Å². The summed E-state index contributed by atoms with van der Waals surface area (Å²) in [7, 11) is 0. The molecule has 0 bridgehead atoms. The molecule has 1 heterocycles. The van der Waals surface area contributed by atoms with Gasteiger partial charge in [-0.1, -0.05) is 12.1 Å². The van der Waals surface area contributed by atoms with Crippen molar-refractivity contribution in [2.45, 2.75) is 18.6 Å². The van der Waals surface area contributed by atoms with Crippen LogP contribution < -0.4 is 4.74 Å². The number of phenols is 4. The van der Waals surface area contributed by atoms with Crippen molar-refractivity contribution in [2.24, 2.45) is 0 Å². The third kappa shape index (κ3) is 2.19. The fourth-order valence-electron chi connectivity index (χ4n) is 2.44. The minimum absolute atomic E-state index is 0.109. The van der Waals surface area contributed by atoms with Gasteiger partial charge in [0.05, 0.1) is 6.10 Å². The average Bonchev–Trinajstić information content (AvgIpc) is 2.46. The van der Waals surface area contributed by atoms with Crippen molar-refractivity contribution >= 4 is 0 Å². The predicted octanol–water partition coefficient (Wildman–Crippen LogP) is 1.55. The number of benzene rings is 2. The fourth-order valence-corrected chi connectivity index (χ4v) is 2.44. The van der Waals surface area contributed by atoms with Crippen LogP contribution in [0.25, 0.3) is 0 Å². The Morgan fingerprint density at radius 2 is 1.62 bits per heavy atom. The van der Waals surface area contributed by atoms with E-state index >= 15 is 0 Å². The third-order valence-corrected chi connectivity index (χ3v) is 3.54. The molecule has 0 radical (unpaired) electrons. The highest BCUT2D eigenvalue weighted by Gasteiger charge is 2.32. The highest BCUT2D eigenvalue weighted by Crippen LogP contribution is 2.45. The summed E-state index contributed by atoms with van der Waals surface area (Å²) in [4.78, 5) is 0. The summed E-state index contributed by atoms with van der Waals surface area (Å²) >= 11 is 0. The number of hydrogen-bond acceptors (Lipinski definition) is 6. The van der Waals surface area contributed by atoms with E-state index in [1.54, 1.807) is 6.07 Å². The zero-order valence-electron chi connectivity index (χ0n) is 10.9. The zero-order chi connectivity index (χ0) is 15.1. The van der Waals surface area contributed by atoms with Gasteiger partial charge in [0.25, 0.3) is 0 Å². The van der Waals surface area contributed by atoms with Crippen LogP contribution in [0.3, 0.4) is 0 Å². The van der Waals surface area contributed by atoms with Crippen LogP contribution in [0, 0.1) is 0 Å². The van der Waals surface area contributed by atoms with Crippen LogP contribution in [0.2, 0.25) is 0 Å². The summed E-state index contributed by atoms with van der Waals surface area (Å²) < 4.78 is 5.58. The van der Waals surface area contributed by atoms with Crippen molar-refractivity contribution in [1.82, 2.24) is 0 Å². The molecule has 0 fully saturated rings. The SMILES string of the molecule is Oc1ccc(C2Oc3c(ccc(O)c3O)C[C@H]2O)cc1O. The number of ether oxygens (including phenoxy) is 1. The van der Waals surface area contributed by atoms with Crippen LogP contribution in [-0.4, -0.2) is 31.6 Å². The quantitative estimate of drug-likeness (QED) is 0.510. The molecule has 1 aliphatic rings. The van der Waals surface area contributed by atoms with Crippen molar-refractivity contribution < 1.29 is 30.3 Å². The number of aromatic hydroxyl groups is 4. The maximum atomic E-state index is 10.2. The Labute approximate surface area is 120 Å². The van der Waals surface area contributed by atoms with Crippen LogP contribution >= 0.6 is 0 Å². The van der Waals surface area contributed by atoms with Crippen molar-refractivity contribution in [1.29, 1.82) is 0 Å². The normalized spacial score (nSPS) is 20.6. The van der Waals surface area contributed by atoms with Crippen LogP contribution in [0.15, 0.2) is 30.3 Å². The zero-order valence-corrected chi connectivity index (χ0v) is 10.9. The minimum atomic E-state index is -0.884. The molecule has 0 aromatic heterocycles. The van der Waals surface area contributed by atoms with Gasteiger partial charge in [-0.05, 0) is 23.8 Å². The van der Waals surface area contributed by atoms with Gasteiger partial charge in [-0.3, -0.25) is 0 Å². The molecule has 110 valence electrons. The average molecular weight is 290 g/mol. The molecule has 2 aromatic rings. The van der Waals surface area contributed by atoms with E-state index in [1.807, 2.05) is 0 Å². The van der Waals surface area contributed by atoms with Gasteiger partial charge in [0.2, 0.25) is 5.75 Å². The molecular weight excluding hydrogens is 276 g/mol. The summed E-state index contributed by atoms with van der Waals surface area (Å²) in [5.74, 6) is -1.18. The number of rotatable bonds is 1. The molecule has 6 nitrogen and oxygen atoms in total. The molecule has 1 unspecified atom stereocenters. The topological polar surface area (TPSA) is 110 Å². The Hall–Kier alpha value is -2.60. The largest absolute Gasteiger partial charge is 0.504 e. The van der Waals surface area contributed by atoms with Crippen molar-refractivity contribution in [2.75, 3.05) is 0 Å². The number of hydrogen-bond donors (Lipinski definition) is 5. The maximum absolute atomic E-state index is 10.2. The summed E-state index contributed by atoms with van der Waals surface area (Å²) in [5.41, 5.74) is 1.03. The molecule has 0 spiro atoms. The van der Waals surface area contributed by atoms with E-state index in [0.717, 1.165) is 0 Å². The first kappa shape index (κ1) is 13.4. The minimum Gasteiger partial charge on any atom is -0.504 e. The molecule has 0 saturated heterocycles. The Morgan fingerprint density at radius 1 is 0.905 bits per heavy atom. The lowest BCUT2D eigenvalue weighted by molar-refractivity contribution is 0.0186. The van der Waals surface area contributed by atoms with Gasteiger partial charge in [-0.25, -0.2) is 0 Å². The Bertz CT molecular complexity index is 697. The molecule has 2 atom stereocenters. The summed E-state index contributed by atoms with van der Waals surface area (Å²) in [6.07, 6.45) is -1.47. The van der Waals surface area contributed by atoms with E-state index < -0.39 is 12.2 Å². The van der Waals surface area contributed by atoms with Gasteiger partial charge in [0, 0.05) is 12.0 Å². The lowest BCUT2D eigenvalue weighted by atomic mass is 9.94. The second-order valence-electron chi connectivity index (χ2n) is 4.98. The lowest BCUT2D eigenvalue weighted by Crippen LogP contribution is -2.30. The standard InChI is InChI=1S/C15H14O6/c16-9-3-1-7(5-11(9)18)14-12(19)6-8-2-4-10(17)13(20)15(8)21-14/h1-5,12,14,16-20H,6H2/t12-,14?/m1/s1. The van der Waals surface area contributed by atoms with Crippen molar-refractivity contribution in [3.63, 3.8) is 0 Å². The lowest BCUT2D eigenvalue weighted by Gasteiger charge is -2.31. The Morgan fingerprint density at radius 3 is 2.33 bits per heavy atom. The molecular formula is C15H14O6. The number of aliphatic hydroxyl groups is 1. The van der Waals surface area contributed by atoms with Crippen molar-refractivity contribution in [3.05, 3.63) is 41.5 Å².